The Balaban J connectivity index is 0.000000145. The van der Waals surface area contributed by atoms with Gasteiger partial charge in [-0.2, -0.15) is 0 Å². The lowest BCUT2D eigenvalue weighted by Crippen LogP contribution is -2.44. The van der Waals surface area contributed by atoms with E-state index >= 15 is 0 Å². The molecule has 147 heavy (non-hydrogen) atoms. The van der Waals surface area contributed by atoms with E-state index in [1.807, 2.05) is 313 Å². The Morgan fingerprint density at radius 1 is 0.313 bits per heavy atom. The fourth-order valence-corrected chi connectivity index (χ4v) is 17.5. The van der Waals surface area contributed by atoms with Gasteiger partial charge in [0, 0.05) is 130 Å². The van der Waals surface area contributed by atoms with E-state index in [0.29, 0.717) is 77.4 Å². The zero-order chi connectivity index (χ0) is 103. The van der Waals surface area contributed by atoms with Crippen molar-refractivity contribution in [3.63, 3.8) is 0 Å². The number of likely N-dealkylation sites (N-methyl/N-ethyl adjacent to an activating group) is 1. The normalized spacial score (nSPS) is 12.7. The molecule has 0 N–H and O–H groups in total. The largest absolute Gasteiger partial charge is 0.379 e. The van der Waals surface area contributed by atoms with Crippen molar-refractivity contribution in [2.75, 3.05) is 100 Å². The second-order valence-electron chi connectivity index (χ2n) is 38.5. The Labute approximate surface area is 864 Å². The van der Waals surface area contributed by atoms with Crippen LogP contribution in [0.4, 0.5) is 0 Å². The SMILES string of the molecule is CCOCc1cn(-c2ccc(CC(=O)Cc3ccccc3C)cc2)nn1.Cc1ccccc1CC(=O)Cc1ccc(-n2cc(CCCN(C)C)nn2)cc1.Cc1ccccc1CC(=O)Cc1ccc(-n2cc(CCCN3CCN(C)CC3)nn2)cc1.Cc1ccccc1CC(=O)Cc1ccc(-n2cc(CN(C)Cc3ccccc3)nn2)cc1.Cc1ccccc1CC(=O)Cc1ccc(-n2cc(CN3CCOCC3)nn2)cc1. The molecule has 0 amide bonds. The number of nitrogens with zero attached hydrogens (tertiary/aromatic N) is 20. The van der Waals surface area contributed by atoms with E-state index in [9.17, 15) is 24.0 Å². The average Bonchev–Trinajstić information content (AvgIpc) is 1.75. The monoisotopic (exact) mass is 1970 g/mol. The van der Waals surface area contributed by atoms with Crippen LogP contribution in [0.25, 0.3) is 28.4 Å². The molecule has 0 spiro atoms. The molecule has 0 bridgehead atoms. The van der Waals surface area contributed by atoms with Crippen molar-refractivity contribution in [3.8, 4) is 28.4 Å². The highest BCUT2D eigenvalue weighted by Crippen LogP contribution is 2.23. The highest BCUT2D eigenvalue weighted by atomic mass is 16.5. The minimum absolute atomic E-state index is 0.215. The predicted octanol–water partition coefficient (Wildman–Crippen LogP) is 17.3. The van der Waals surface area contributed by atoms with Gasteiger partial charge in [0.15, 0.2) is 0 Å². The van der Waals surface area contributed by atoms with Crippen LogP contribution in [0, 0.1) is 34.6 Å². The molecule has 16 aromatic rings. The van der Waals surface area contributed by atoms with Crippen LogP contribution >= 0.6 is 0 Å². The first kappa shape index (κ1) is 108. The first-order chi connectivity index (χ1) is 71.5. The summed E-state index contributed by atoms with van der Waals surface area (Å²) in [5, 5.41) is 42.5. The topological polar surface area (TPSA) is 274 Å². The Morgan fingerprint density at radius 3 is 0.952 bits per heavy atom. The molecule has 0 radical (unpaired) electrons. The Kier molecular flexibility index (Phi) is 41.1. The molecule has 0 unspecified atom stereocenters. The lowest BCUT2D eigenvalue weighted by Gasteiger charge is -2.32. The van der Waals surface area contributed by atoms with Crippen molar-refractivity contribution in [1.82, 2.24) is 99.5 Å². The Hall–Kier alpha value is -14.8. The van der Waals surface area contributed by atoms with Gasteiger partial charge in [0.25, 0.3) is 0 Å². The quantitative estimate of drug-likeness (QED) is 0.0344. The van der Waals surface area contributed by atoms with Gasteiger partial charge in [-0.05, 0) is 258 Å². The van der Waals surface area contributed by atoms with Crippen molar-refractivity contribution < 1.29 is 33.4 Å². The molecular weight excluding hydrogens is 1830 g/mol. The van der Waals surface area contributed by atoms with Gasteiger partial charge in [0.2, 0.25) is 0 Å². The van der Waals surface area contributed by atoms with Crippen LogP contribution in [0.2, 0.25) is 0 Å². The number of rotatable bonds is 42. The lowest BCUT2D eigenvalue weighted by atomic mass is 9.99. The molecule has 27 heteroatoms. The zero-order valence-corrected chi connectivity index (χ0v) is 86.7. The number of ether oxygens (including phenoxy) is 2. The van der Waals surface area contributed by atoms with E-state index in [1.165, 1.54) is 16.7 Å². The number of hydrogen-bond acceptors (Lipinski definition) is 22. The van der Waals surface area contributed by atoms with Gasteiger partial charge in [-0.1, -0.05) is 238 Å². The van der Waals surface area contributed by atoms with Crippen molar-refractivity contribution in [2.24, 2.45) is 0 Å². The number of aryl methyl sites for hydroxylation is 7. The van der Waals surface area contributed by atoms with Crippen molar-refractivity contribution in [2.45, 2.75) is 158 Å². The number of carbonyl (C=O) groups is 5. The third kappa shape index (κ3) is 35.3. The van der Waals surface area contributed by atoms with Gasteiger partial charge in [-0.25, -0.2) is 23.4 Å². The number of ketones is 5. The molecule has 2 aliphatic rings. The zero-order valence-electron chi connectivity index (χ0n) is 86.7. The maximum Gasteiger partial charge on any atom is 0.141 e. The van der Waals surface area contributed by atoms with Gasteiger partial charge < -0.3 is 24.2 Å². The minimum Gasteiger partial charge on any atom is -0.379 e. The molecule has 2 saturated heterocycles. The van der Waals surface area contributed by atoms with E-state index in [1.54, 1.807) is 18.7 Å². The molecule has 18 rings (SSSR count). The standard InChI is InChI=1S/C27H28N4O.C26H33N5O.C23H26N4O2.C23H28N4O.C21H23N3O2/c1-21-8-6-7-11-24(21)17-27(32)16-22-12-14-26(15-13-22)31-20-25(28-29-31)19-30(2)18-23-9-4-3-5-10-23;1-21-6-3-4-7-23(21)19-26(32)18-22-9-11-25(12-10-22)31-20-24(27-28-31)8-5-13-30-16-14-29(2)15-17-30;1-18-4-2-3-5-20(18)15-23(28)14-19-6-8-22(9-7-19)27-17-21(24-25-27)16-26-10-12-29-13-11-26;1-18-7-4-5-8-20(18)16-23(28)15-19-10-12-22(13-11-19)27-17-21(24-25-27)9-6-14-26(2)3;1-3-26-15-19-14-24(23-22-19)20-10-8-17(9-11-20)12-21(25)13-18-7-5-4-6-16(18)2/h3-15,20H,16-19H2,1-2H3;3-4,6-7,9-12,20H,5,8,13-19H2,1-2H3;2-9,17H,10-16H2,1H3;4-5,7-8,10-13,17H,6,9,14-16H2,1-3H3;4-11,14H,3,12-13,15H2,1-2H3. The minimum atomic E-state index is 0.215. The Morgan fingerprint density at radius 2 is 0.612 bits per heavy atom. The summed E-state index contributed by atoms with van der Waals surface area (Å²) in [5.74, 6) is 1.12. The van der Waals surface area contributed by atoms with Crippen LogP contribution in [-0.4, -0.2) is 229 Å². The summed E-state index contributed by atoms with van der Waals surface area (Å²) in [6.07, 6.45) is 18.4. The molecule has 5 aromatic heterocycles. The molecule has 760 valence electrons. The summed E-state index contributed by atoms with van der Waals surface area (Å²) in [4.78, 5) is 73.8. The van der Waals surface area contributed by atoms with Gasteiger partial charge in [-0.15, -0.1) is 25.5 Å². The summed E-state index contributed by atoms with van der Waals surface area (Å²) < 4.78 is 19.6. The van der Waals surface area contributed by atoms with Crippen LogP contribution in [0.15, 0.2) is 304 Å². The first-order valence-corrected chi connectivity index (χ1v) is 51.0. The summed E-state index contributed by atoms with van der Waals surface area (Å²) in [5.41, 5.74) is 27.1. The third-order valence-corrected chi connectivity index (χ3v) is 26.2. The molecule has 0 saturated carbocycles. The van der Waals surface area contributed by atoms with Crippen LogP contribution in [0.5, 0.6) is 0 Å². The summed E-state index contributed by atoms with van der Waals surface area (Å²) in [6.45, 7) is 25.8. The Bertz CT molecular complexity index is 6820. The second kappa shape index (κ2) is 56.0. The summed E-state index contributed by atoms with van der Waals surface area (Å²) >= 11 is 0. The average molecular weight is 1970 g/mol. The maximum atomic E-state index is 12.5. The van der Waals surface area contributed by atoms with Gasteiger partial charge in [-0.3, -0.25) is 33.8 Å². The fraction of sp³-hybridized carbons (Fsp3) is 0.325. The molecule has 0 aliphatic carbocycles. The maximum absolute atomic E-state index is 12.5. The predicted molar refractivity (Wildman–Crippen MR) is 577 cm³/mol. The highest BCUT2D eigenvalue weighted by Gasteiger charge is 2.20. The van der Waals surface area contributed by atoms with Gasteiger partial charge >= 0.3 is 0 Å². The number of Topliss-reactive ketones (excluding diaryl/α,β-unsaturated/α-hetero) is 5. The summed E-state index contributed by atoms with van der Waals surface area (Å²) in [7, 11) is 8.41. The van der Waals surface area contributed by atoms with Gasteiger partial charge in [0.05, 0.1) is 102 Å². The van der Waals surface area contributed by atoms with E-state index in [-0.39, 0.29) is 28.9 Å². The number of carbonyl (C=O) groups excluding carboxylic acids is 5. The van der Waals surface area contributed by atoms with Crippen LogP contribution in [-0.2, 0) is 137 Å². The van der Waals surface area contributed by atoms with Crippen molar-refractivity contribution in [3.05, 3.63) is 421 Å². The van der Waals surface area contributed by atoms with Crippen molar-refractivity contribution in [1.29, 1.82) is 0 Å². The van der Waals surface area contributed by atoms with Crippen LogP contribution in [0.3, 0.4) is 0 Å². The number of piperazine rings is 1. The molecule has 0 atom stereocenters. The molecule has 2 fully saturated rings. The fourth-order valence-electron chi connectivity index (χ4n) is 17.5. The molecule has 11 aromatic carbocycles. The molecule has 2 aliphatic heterocycles. The number of morpholine rings is 1. The second-order valence-corrected chi connectivity index (χ2v) is 38.5. The number of benzene rings is 11. The van der Waals surface area contributed by atoms with Crippen LogP contribution in [0.1, 0.15) is 137 Å². The molecule has 7 heterocycles. The van der Waals surface area contributed by atoms with E-state index in [2.05, 4.69) is 142 Å². The number of aromatic nitrogens is 15. The number of hydrogen-bond donors (Lipinski definition) is 0. The lowest BCUT2D eigenvalue weighted by molar-refractivity contribution is -0.118. The van der Waals surface area contributed by atoms with E-state index < -0.39 is 0 Å². The first-order valence-electron chi connectivity index (χ1n) is 51.0. The van der Waals surface area contributed by atoms with Crippen LogP contribution < -0.4 is 0 Å². The van der Waals surface area contributed by atoms with E-state index in [4.69, 9.17) is 9.47 Å². The van der Waals surface area contributed by atoms with E-state index in [0.717, 1.165) is 240 Å². The third-order valence-electron chi connectivity index (χ3n) is 26.2. The summed E-state index contributed by atoms with van der Waals surface area (Å²) in [6, 6.07) is 90.5. The molecular formula is C120H138N20O7. The van der Waals surface area contributed by atoms with Gasteiger partial charge in [0.1, 0.15) is 34.6 Å². The molecule has 27 nitrogen and oxygen atoms in total. The van der Waals surface area contributed by atoms with Crippen molar-refractivity contribution >= 4 is 28.9 Å². The smallest absolute Gasteiger partial charge is 0.141 e. The highest BCUT2D eigenvalue weighted by molar-refractivity contribution is 5.86.